The largest absolute Gasteiger partial charge is 0.495 e. The Bertz CT molecular complexity index is 527. The van der Waals surface area contributed by atoms with Crippen LogP contribution in [0.5, 0.6) is 5.75 Å². The highest BCUT2D eigenvalue weighted by Crippen LogP contribution is 2.26. The van der Waals surface area contributed by atoms with Crippen LogP contribution >= 0.6 is 0 Å². The Labute approximate surface area is 98.8 Å². The van der Waals surface area contributed by atoms with Crippen LogP contribution in [0, 0.1) is 0 Å². The lowest BCUT2D eigenvalue weighted by Gasteiger charge is -2.08. The molecule has 7 heteroatoms. The normalized spacial score (nSPS) is 11.0. The van der Waals surface area contributed by atoms with Crippen molar-refractivity contribution in [3.05, 3.63) is 23.8 Å². The summed E-state index contributed by atoms with van der Waals surface area (Å²) >= 11 is 0. The molecule has 0 fully saturated rings. The van der Waals surface area contributed by atoms with Crippen LogP contribution in [-0.2, 0) is 21.6 Å². The monoisotopic (exact) mass is 261 g/mol. The average Bonchev–Trinajstić information content (AvgIpc) is 2.24. The van der Waals surface area contributed by atoms with Gasteiger partial charge in [-0.1, -0.05) is 6.07 Å². The van der Waals surface area contributed by atoms with E-state index in [-0.39, 0.29) is 18.2 Å². The summed E-state index contributed by atoms with van der Waals surface area (Å²) in [5.74, 6) is -0.329. The third-order valence-electron chi connectivity index (χ3n) is 2.03. The molecule has 94 valence electrons. The number of halogens is 1. The van der Waals surface area contributed by atoms with E-state index in [1.54, 1.807) is 6.07 Å². The molecule has 0 unspecified atom stereocenters. The number of benzene rings is 1. The molecule has 1 aromatic rings. The van der Waals surface area contributed by atoms with Gasteiger partial charge in [-0.15, -0.1) is 3.89 Å². The highest BCUT2D eigenvalue weighted by Gasteiger charge is 2.18. The van der Waals surface area contributed by atoms with E-state index >= 15 is 0 Å². The second-order valence-electron chi connectivity index (χ2n) is 3.33. The number of hydrogen-bond acceptors (Lipinski definition) is 4. The Morgan fingerprint density at radius 1 is 1.47 bits per heavy atom. The van der Waals surface area contributed by atoms with E-state index in [0.29, 0.717) is 5.56 Å². The summed E-state index contributed by atoms with van der Waals surface area (Å²) in [4.78, 5) is 10.2. The van der Waals surface area contributed by atoms with Gasteiger partial charge in [-0.25, -0.2) is 0 Å². The van der Waals surface area contributed by atoms with Gasteiger partial charge in [0.15, 0.2) is 0 Å². The van der Waals surface area contributed by atoms with Crippen LogP contribution in [0.25, 0.3) is 0 Å². The van der Waals surface area contributed by atoms with Gasteiger partial charge in [0.05, 0.1) is 7.11 Å². The van der Waals surface area contributed by atoms with Gasteiger partial charge in [-0.3, -0.25) is 4.79 Å². The van der Waals surface area contributed by atoms with E-state index in [4.69, 9.17) is 4.74 Å². The maximum Gasteiger partial charge on any atom is 0.335 e. The van der Waals surface area contributed by atoms with Gasteiger partial charge in [0.1, 0.15) is 10.6 Å². The molecule has 1 amide bonds. The average molecular weight is 261 g/mol. The van der Waals surface area contributed by atoms with Crippen molar-refractivity contribution in [1.82, 2.24) is 5.32 Å². The van der Waals surface area contributed by atoms with Crippen molar-refractivity contribution in [3.63, 3.8) is 0 Å². The molecular formula is C10H12FNO4S. The lowest BCUT2D eigenvalue weighted by molar-refractivity contribution is -0.119. The summed E-state index contributed by atoms with van der Waals surface area (Å²) in [7, 11) is -3.60. The SMILES string of the molecule is COc1ccc(CNC(C)=O)cc1S(=O)(=O)F. The Morgan fingerprint density at radius 3 is 2.59 bits per heavy atom. The smallest absolute Gasteiger partial charge is 0.335 e. The maximum atomic E-state index is 13.0. The predicted molar refractivity (Wildman–Crippen MR) is 58.8 cm³/mol. The molecule has 5 nitrogen and oxygen atoms in total. The lowest BCUT2D eigenvalue weighted by atomic mass is 10.2. The molecule has 0 bridgehead atoms. The van der Waals surface area contributed by atoms with Gasteiger partial charge >= 0.3 is 10.2 Å². The Balaban J connectivity index is 3.10. The third-order valence-corrected chi connectivity index (χ3v) is 2.88. The molecule has 0 spiro atoms. The van der Waals surface area contributed by atoms with Crippen molar-refractivity contribution in [3.8, 4) is 5.75 Å². The van der Waals surface area contributed by atoms with Gasteiger partial charge in [0, 0.05) is 13.5 Å². The number of nitrogens with one attached hydrogen (secondary N) is 1. The Kier molecular flexibility index (Phi) is 4.06. The molecule has 0 aliphatic heterocycles. The number of ether oxygens (including phenoxy) is 1. The van der Waals surface area contributed by atoms with Gasteiger partial charge in [0.25, 0.3) is 0 Å². The zero-order valence-electron chi connectivity index (χ0n) is 9.36. The van der Waals surface area contributed by atoms with Crippen LogP contribution in [0.2, 0.25) is 0 Å². The summed E-state index contributed by atoms with van der Waals surface area (Å²) in [6, 6.07) is 4.01. The molecule has 0 saturated heterocycles. The number of amides is 1. The Hall–Kier alpha value is -1.63. The Morgan fingerprint density at radius 2 is 2.12 bits per heavy atom. The predicted octanol–water partition coefficient (Wildman–Crippen LogP) is 0.990. The molecule has 0 aliphatic carbocycles. The van der Waals surface area contributed by atoms with Crippen molar-refractivity contribution in [2.45, 2.75) is 18.4 Å². The van der Waals surface area contributed by atoms with Crippen molar-refractivity contribution in [1.29, 1.82) is 0 Å². The summed E-state index contributed by atoms with van der Waals surface area (Å²) in [5.41, 5.74) is 0.470. The van der Waals surface area contributed by atoms with Crippen LogP contribution in [0.4, 0.5) is 3.89 Å². The first-order valence-electron chi connectivity index (χ1n) is 4.70. The first-order chi connectivity index (χ1) is 7.84. The van der Waals surface area contributed by atoms with Crippen molar-refractivity contribution < 1.29 is 21.8 Å². The summed E-state index contributed by atoms with van der Waals surface area (Å²) < 4.78 is 39.4. The quantitative estimate of drug-likeness (QED) is 0.820. The fourth-order valence-corrected chi connectivity index (χ4v) is 1.93. The van der Waals surface area contributed by atoms with Gasteiger partial charge in [-0.05, 0) is 17.7 Å². The van der Waals surface area contributed by atoms with Crippen LogP contribution in [-0.4, -0.2) is 21.4 Å². The van der Waals surface area contributed by atoms with Crippen molar-refractivity contribution in [2.75, 3.05) is 7.11 Å². The first kappa shape index (κ1) is 13.4. The maximum absolute atomic E-state index is 13.0. The zero-order valence-corrected chi connectivity index (χ0v) is 10.2. The molecule has 1 aromatic carbocycles. The van der Waals surface area contributed by atoms with Gasteiger partial charge in [0.2, 0.25) is 5.91 Å². The van der Waals surface area contributed by atoms with E-state index in [0.717, 1.165) is 6.07 Å². The number of carbonyl (C=O) groups is 1. The van der Waals surface area contributed by atoms with E-state index < -0.39 is 15.1 Å². The molecule has 0 saturated carbocycles. The molecule has 0 aliphatic rings. The van der Waals surface area contributed by atoms with E-state index in [2.05, 4.69) is 5.32 Å². The number of rotatable bonds is 4. The van der Waals surface area contributed by atoms with Crippen molar-refractivity contribution in [2.24, 2.45) is 0 Å². The minimum absolute atomic E-state index is 0.0703. The third kappa shape index (κ3) is 3.70. The molecule has 0 radical (unpaired) electrons. The van der Waals surface area contributed by atoms with Gasteiger partial charge < -0.3 is 10.1 Å². The molecule has 1 rings (SSSR count). The number of methoxy groups -OCH3 is 1. The summed E-state index contributed by atoms with van der Waals surface area (Å²) in [5, 5.41) is 2.48. The highest BCUT2D eigenvalue weighted by atomic mass is 32.3. The van der Waals surface area contributed by atoms with Crippen molar-refractivity contribution >= 4 is 16.1 Å². The standard InChI is InChI=1S/C10H12FNO4S/c1-7(13)12-6-8-3-4-9(16-2)10(5-8)17(11,14)15/h3-5H,6H2,1-2H3,(H,12,13). The van der Waals surface area contributed by atoms with Crippen LogP contribution in [0.3, 0.4) is 0 Å². The zero-order chi connectivity index (χ0) is 13.1. The van der Waals surface area contributed by atoms with E-state index in [1.807, 2.05) is 0 Å². The topological polar surface area (TPSA) is 72.5 Å². The molecule has 0 atom stereocenters. The fourth-order valence-electron chi connectivity index (χ4n) is 1.25. The van der Waals surface area contributed by atoms with E-state index in [9.17, 15) is 17.1 Å². The summed E-state index contributed by atoms with van der Waals surface area (Å²) in [6.45, 7) is 1.46. The summed E-state index contributed by atoms with van der Waals surface area (Å²) in [6.07, 6.45) is 0. The van der Waals surface area contributed by atoms with Gasteiger partial charge in [-0.2, -0.15) is 8.42 Å². The lowest BCUT2D eigenvalue weighted by Crippen LogP contribution is -2.19. The minimum atomic E-state index is -4.84. The molecular weight excluding hydrogens is 249 g/mol. The van der Waals surface area contributed by atoms with Crippen LogP contribution in [0.1, 0.15) is 12.5 Å². The molecule has 1 N–H and O–H groups in total. The van der Waals surface area contributed by atoms with E-state index in [1.165, 1.54) is 20.1 Å². The fraction of sp³-hybridized carbons (Fsp3) is 0.300. The first-order valence-corrected chi connectivity index (χ1v) is 6.09. The van der Waals surface area contributed by atoms with Crippen LogP contribution in [0.15, 0.2) is 23.1 Å². The molecule has 17 heavy (non-hydrogen) atoms. The van der Waals surface area contributed by atoms with Crippen LogP contribution < -0.4 is 10.1 Å². The highest BCUT2D eigenvalue weighted by molar-refractivity contribution is 7.86. The minimum Gasteiger partial charge on any atom is -0.495 e. The molecule has 0 heterocycles. The number of hydrogen-bond donors (Lipinski definition) is 1. The molecule has 0 aromatic heterocycles. The number of carbonyl (C=O) groups excluding carboxylic acids is 1. The second kappa shape index (κ2) is 5.13. The second-order valence-corrected chi connectivity index (χ2v) is 4.65.